The molecule has 0 bridgehead atoms. The van der Waals surface area contributed by atoms with Crippen LogP contribution in [0.1, 0.15) is 46.5 Å². The maximum absolute atomic E-state index is 9.89. The molecular formula is C10H20O. The van der Waals surface area contributed by atoms with E-state index in [1.807, 2.05) is 0 Å². The third kappa shape index (κ3) is 1.76. The van der Waals surface area contributed by atoms with Gasteiger partial charge < -0.3 is 5.11 Å². The van der Waals surface area contributed by atoms with E-state index < -0.39 is 0 Å². The highest BCUT2D eigenvalue weighted by Crippen LogP contribution is 2.49. The Morgan fingerprint density at radius 3 is 2.55 bits per heavy atom. The topological polar surface area (TPSA) is 20.2 Å². The average Bonchev–Trinajstić information content (AvgIpc) is 2.56. The highest BCUT2D eigenvalue weighted by Gasteiger charge is 2.52. The van der Waals surface area contributed by atoms with E-state index in [-0.39, 0.29) is 5.60 Å². The van der Waals surface area contributed by atoms with Crippen LogP contribution in [0.3, 0.4) is 0 Å². The van der Waals surface area contributed by atoms with Crippen LogP contribution in [0.25, 0.3) is 0 Å². The third-order valence-electron chi connectivity index (χ3n) is 3.17. The Labute approximate surface area is 69.8 Å². The predicted molar refractivity (Wildman–Crippen MR) is 47.4 cm³/mol. The molecule has 0 aromatic carbocycles. The van der Waals surface area contributed by atoms with Crippen LogP contribution in [0.5, 0.6) is 0 Å². The van der Waals surface area contributed by atoms with Gasteiger partial charge in [-0.1, -0.05) is 33.6 Å². The van der Waals surface area contributed by atoms with Crippen LogP contribution in [0, 0.1) is 11.8 Å². The van der Waals surface area contributed by atoms with Crippen molar-refractivity contribution in [1.82, 2.24) is 0 Å². The van der Waals surface area contributed by atoms with Gasteiger partial charge in [-0.3, -0.25) is 0 Å². The van der Waals surface area contributed by atoms with Crippen LogP contribution in [0.4, 0.5) is 0 Å². The summed E-state index contributed by atoms with van der Waals surface area (Å²) in [6.45, 7) is 6.52. The maximum atomic E-state index is 9.89. The number of unbranched alkanes of at least 4 members (excludes halogenated alkanes) is 1. The van der Waals surface area contributed by atoms with E-state index in [1.165, 1.54) is 19.3 Å². The van der Waals surface area contributed by atoms with Crippen molar-refractivity contribution in [1.29, 1.82) is 0 Å². The van der Waals surface area contributed by atoms with Gasteiger partial charge >= 0.3 is 0 Å². The fraction of sp³-hybridized carbons (Fsp3) is 1.00. The Balaban J connectivity index is 2.25. The van der Waals surface area contributed by atoms with Gasteiger partial charge in [0.05, 0.1) is 5.60 Å². The lowest BCUT2D eigenvalue weighted by atomic mass is 9.95. The van der Waals surface area contributed by atoms with E-state index in [0.29, 0.717) is 11.8 Å². The first kappa shape index (κ1) is 9.05. The van der Waals surface area contributed by atoms with Gasteiger partial charge in [0.1, 0.15) is 0 Å². The molecule has 0 spiro atoms. The zero-order valence-electron chi connectivity index (χ0n) is 7.93. The second-order valence-electron chi connectivity index (χ2n) is 4.14. The summed E-state index contributed by atoms with van der Waals surface area (Å²) in [6.07, 6.45) is 4.72. The molecule has 1 aliphatic carbocycles. The molecule has 0 amide bonds. The van der Waals surface area contributed by atoms with E-state index in [0.717, 1.165) is 6.42 Å². The summed E-state index contributed by atoms with van der Waals surface area (Å²) in [5, 5.41) is 9.89. The van der Waals surface area contributed by atoms with Crippen LogP contribution in [-0.2, 0) is 0 Å². The van der Waals surface area contributed by atoms with E-state index in [2.05, 4.69) is 20.8 Å². The lowest BCUT2D eigenvalue weighted by molar-refractivity contribution is 0.0707. The summed E-state index contributed by atoms with van der Waals surface area (Å²) in [4.78, 5) is 0. The first-order valence-corrected chi connectivity index (χ1v) is 4.83. The number of aliphatic hydroxyl groups is 1. The van der Waals surface area contributed by atoms with Crippen LogP contribution in [-0.4, -0.2) is 10.7 Å². The highest BCUT2D eigenvalue weighted by atomic mass is 16.3. The zero-order chi connectivity index (χ0) is 8.48. The lowest BCUT2D eigenvalue weighted by Crippen LogP contribution is -2.21. The Kier molecular flexibility index (Phi) is 2.58. The number of rotatable bonds is 4. The zero-order valence-corrected chi connectivity index (χ0v) is 7.93. The van der Waals surface area contributed by atoms with Crippen molar-refractivity contribution < 1.29 is 5.11 Å². The minimum Gasteiger partial charge on any atom is -0.389 e. The minimum atomic E-state index is -0.283. The molecule has 1 fully saturated rings. The normalized spacial score (nSPS) is 38.7. The standard InChI is InChI=1S/C10H20O/c1-4-5-6-8(2)10(11)7-9(10)3/h8-9,11H,4-7H2,1-3H3. The van der Waals surface area contributed by atoms with Crippen molar-refractivity contribution in [2.24, 2.45) is 11.8 Å². The van der Waals surface area contributed by atoms with Gasteiger partial charge in [-0.2, -0.15) is 0 Å². The molecule has 1 aliphatic rings. The molecule has 0 radical (unpaired) electrons. The van der Waals surface area contributed by atoms with Crippen LogP contribution in [0.15, 0.2) is 0 Å². The molecule has 11 heavy (non-hydrogen) atoms. The molecule has 1 heteroatoms. The van der Waals surface area contributed by atoms with Gasteiger partial charge in [-0.15, -0.1) is 0 Å². The fourth-order valence-corrected chi connectivity index (χ4v) is 1.88. The summed E-state index contributed by atoms with van der Waals surface area (Å²) in [5.41, 5.74) is -0.283. The molecule has 1 N–H and O–H groups in total. The highest BCUT2D eigenvalue weighted by molar-refractivity contribution is 5.03. The minimum absolute atomic E-state index is 0.283. The van der Waals surface area contributed by atoms with Gasteiger partial charge in [-0.25, -0.2) is 0 Å². The quantitative estimate of drug-likeness (QED) is 0.663. The largest absolute Gasteiger partial charge is 0.389 e. The van der Waals surface area contributed by atoms with E-state index in [9.17, 15) is 5.11 Å². The van der Waals surface area contributed by atoms with E-state index in [1.54, 1.807) is 0 Å². The molecule has 1 saturated carbocycles. The summed E-state index contributed by atoms with van der Waals surface area (Å²) in [6, 6.07) is 0. The number of hydrogen-bond acceptors (Lipinski definition) is 1. The van der Waals surface area contributed by atoms with E-state index in [4.69, 9.17) is 0 Å². The van der Waals surface area contributed by atoms with Crippen LogP contribution >= 0.6 is 0 Å². The first-order chi connectivity index (χ1) is 5.11. The summed E-state index contributed by atoms with van der Waals surface area (Å²) in [5.74, 6) is 1.06. The Hall–Kier alpha value is -0.0400. The van der Waals surface area contributed by atoms with Crippen molar-refractivity contribution in [3.63, 3.8) is 0 Å². The average molecular weight is 156 g/mol. The number of hydrogen-bond donors (Lipinski definition) is 1. The second-order valence-corrected chi connectivity index (χ2v) is 4.14. The second kappa shape index (κ2) is 3.14. The van der Waals surface area contributed by atoms with Crippen molar-refractivity contribution in [3.8, 4) is 0 Å². The summed E-state index contributed by atoms with van der Waals surface area (Å²) < 4.78 is 0. The van der Waals surface area contributed by atoms with Gasteiger partial charge in [0, 0.05) is 0 Å². The smallest absolute Gasteiger partial charge is 0.0703 e. The molecule has 0 aliphatic heterocycles. The van der Waals surface area contributed by atoms with Crippen molar-refractivity contribution in [2.45, 2.75) is 52.1 Å². The molecule has 66 valence electrons. The van der Waals surface area contributed by atoms with E-state index >= 15 is 0 Å². The predicted octanol–water partition coefficient (Wildman–Crippen LogP) is 2.58. The summed E-state index contributed by atoms with van der Waals surface area (Å²) >= 11 is 0. The van der Waals surface area contributed by atoms with Gasteiger partial charge in [0.15, 0.2) is 0 Å². The summed E-state index contributed by atoms with van der Waals surface area (Å²) in [7, 11) is 0. The molecule has 1 nitrogen and oxygen atoms in total. The molecule has 3 atom stereocenters. The Morgan fingerprint density at radius 1 is 1.64 bits per heavy atom. The fourth-order valence-electron chi connectivity index (χ4n) is 1.88. The molecule has 0 aromatic rings. The first-order valence-electron chi connectivity index (χ1n) is 4.83. The molecule has 3 unspecified atom stereocenters. The lowest BCUT2D eigenvalue weighted by Gasteiger charge is -2.18. The van der Waals surface area contributed by atoms with Gasteiger partial charge in [-0.05, 0) is 24.7 Å². The van der Waals surface area contributed by atoms with Crippen molar-refractivity contribution in [2.75, 3.05) is 0 Å². The van der Waals surface area contributed by atoms with Gasteiger partial charge in [0.2, 0.25) is 0 Å². The molecule has 1 rings (SSSR count). The monoisotopic (exact) mass is 156 g/mol. The Morgan fingerprint density at radius 2 is 2.18 bits per heavy atom. The van der Waals surface area contributed by atoms with Crippen molar-refractivity contribution in [3.05, 3.63) is 0 Å². The molecule has 0 heterocycles. The molecule has 0 aromatic heterocycles. The SMILES string of the molecule is CCCCC(C)C1(O)CC1C. The van der Waals surface area contributed by atoms with Gasteiger partial charge in [0.25, 0.3) is 0 Å². The molecular weight excluding hydrogens is 136 g/mol. The van der Waals surface area contributed by atoms with Crippen LogP contribution in [0.2, 0.25) is 0 Å². The van der Waals surface area contributed by atoms with Crippen LogP contribution < -0.4 is 0 Å². The Bertz CT molecular complexity index is 133. The molecule has 0 saturated heterocycles. The third-order valence-corrected chi connectivity index (χ3v) is 3.17. The maximum Gasteiger partial charge on any atom is 0.0703 e. The van der Waals surface area contributed by atoms with Crippen molar-refractivity contribution >= 4 is 0 Å².